The normalized spacial score (nSPS) is 11.0. The Labute approximate surface area is 204 Å². The Kier molecular flexibility index (Phi) is 8.90. The number of likely N-dealkylation sites (N-methyl/N-ethyl adjacent to an activating group) is 1. The number of methoxy groups -OCH3 is 1. The summed E-state index contributed by atoms with van der Waals surface area (Å²) in [6, 6.07) is 11.6. The quantitative estimate of drug-likeness (QED) is 0.366. The fourth-order valence-corrected chi connectivity index (χ4v) is 4.98. The molecular formula is C26H32N2O5S. The van der Waals surface area contributed by atoms with Crippen LogP contribution >= 0.6 is 11.3 Å². The van der Waals surface area contributed by atoms with Crippen LogP contribution in [0.25, 0.3) is 21.2 Å². The number of carbonyl (C=O) groups excluding carboxylic acids is 2. The van der Waals surface area contributed by atoms with Gasteiger partial charge in [0.1, 0.15) is 28.7 Å². The van der Waals surface area contributed by atoms with E-state index in [0.29, 0.717) is 28.3 Å². The number of nitrogens with zero attached hydrogens (tertiary/aromatic N) is 1. The first kappa shape index (κ1) is 25.5. The zero-order chi connectivity index (χ0) is 24.7. The summed E-state index contributed by atoms with van der Waals surface area (Å²) in [4.78, 5) is 27.0. The second kappa shape index (κ2) is 11.9. The Morgan fingerprint density at radius 3 is 2.32 bits per heavy atom. The second-order valence-electron chi connectivity index (χ2n) is 7.63. The maximum atomic E-state index is 12.8. The van der Waals surface area contributed by atoms with E-state index in [1.54, 1.807) is 14.0 Å². The standard InChI is InChI=1S/C26H32N2O5S/c1-6-28(7-2)15-16-33-23-20(18-9-11-19(31-5)12-10-18)13-14-21-22(26(30)32-8-3)25(27-17(4)29)34-24(21)23/h9-14H,6-8,15-16H2,1-5H3,(H,27,29). The maximum Gasteiger partial charge on any atom is 0.341 e. The topological polar surface area (TPSA) is 77.1 Å². The number of hydrogen-bond donors (Lipinski definition) is 1. The van der Waals surface area contributed by atoms with Crippen molar-refractivity contribution < 1.29 is 23.8 Å². The molecule has 3 aromatic rings. The number of nitrogens with one attached hydrogen (secondary N) is 1. The summed E-state index contributed by atoms with van der Waals surface area (Å²) in [6.45, 7) is 10.8. The molecule has 34 heavy (non-hydrogen) atoms. The lowest BCUT2D eigenvalue weighted by Gasteiger charge is -2.19. The van der Waals surface area contributed by atoms with Gasteiger partial charge in [-0.25, -0.2) is 4.79 Å². The molecule has 3 rings (SSSR count). The minimum atomic E-state index is -0.469. The van der Waals surface area contributed by atoms with E-state index in [-0.39, 0.29) is 12.5 Å². The highest BCUT2D eigenvalue weighted by Gasteiger charge is 2.25. The number of ether oxygens (including phenoxy) is 3. The molecule has 0 aliphatic carbocycles. The van der Waals surface area contributed by atoms with Crippen LogP contribution in [0.4, 0.5) is 5.00 Å². The van der Waals surface area contributed by atoms with Crippen LogP contribution in [0, 0.1) is 0 Å². The van der Waals surface area contributed by atoms with Gasteiger partial charge in [-0.3, -0.25) is 4.79 Å². The smallest absolute Gasteiger partial charge is 0.341 e. The predicted octanol–water partition coefficient (Wildman–Crippen LogP) is 5.43. The molecule has 0 radical (unpaired) electrons. The Morgan fingerprint density at radius 2 is 1.74 bits per heavy atom. The van der Waals surface area contributed by atoms with Crippen LogP contribution in [0.3, 0.4) is 0 Å². The molecule has 0 fully saturated rings. The summed E-state index contributed by atoms with van der Waals surface area (Å²) >= 11 is 1.32. The van der Waals surface area contributed by atoms with Crippen LogP contribution in [-0.4, -0.2) is 56.7 Å². The molecule has 182 valence electrons. The number of fused-ring (bicyclic) bond motifs is 1. The first-order valence-electron chi connectivity index (χ1n) is 11.5. The van der Waals surface area contributed by atoms with E-state index in [9.17, 15) is 9.59 Å². The maximum absolute atomic E-state index is 12.8. The molecule has 0 saturated carbocycles. The lowest BCUT2D eigenvalue weighted by molar-refractivity contribution is -0.114. The first-order chi connectivity index (χ1) is 16.4. The second-order valence-corrected chi connectivity index (χ2v) is 8.65. The van der Waals surface area contributed by atoms with Crippen LogP contribution in [0.15, 0.2) is 36.4 Å². The fraction of sp³-hybridized carbons (Fsp3) is 0.385. The molecule has 0 spiro atoms. The van der Waals surface area contributed by atoms with Crippen LogP contribution in [0.2, 0.25) is 0 Å². The minimum absolute atomic E-state index is 0.243. The minimum Gasteiger partial charge on any atom is -0.497 e. The molecule has 0 unspecified atom stereocenters. The Bertz CT molecular complexity index is 1140. The number of thiophene rings is 1. The first-order valence-corrected chi connectivity index (χ1v) is 12.3. The molecule has 2 aromatic carbocycles. The summed E-state index contributed by atoms with van der Waals surface area (Å²) in [5, 5.41) is 3.95. The molecule has 0 atom stereocenters. The number of anilines is 1. The van der Waals surface area contributed by atoms with Crippen molar-refractivity contribution in [3.05, 3.63) is 42.0 Å². The lowest BCUT2D eigenvalue weighted by Crippen LogP contribution is -2.28. The molecule has 1 heterocycles. The van der Waals surface area contributed by atoms with E-state index in [4.69, 9.17) is 14.2 Å². The third kappa shape index (κ3) is 5.69. The SMILES string of the molecule is CCOC(=O)c1c(NC(C)=O)sc2c(OCCN(CC)CC)c(-c3ccc(OC)cc3)ccc12. The van der Waals surface area contributed by atoms with Crippen molar-refractivity contribution in [1.82, 2.24) is 4.90 Å². The molecule has 0 aliphatic rings. The van der Waals surface area contributed by atoms with Crippen LogP contribution in [0.5, 0.6) is 11.5 Å². The number of hydrogen-bond acceptors (Lipinski definition) is 7. The van der Waals surface area contributed by atoms with Gasteiger partial charge in [0.05, 0.1) is 18.4 Å². The zero-order valence-corrected chi connectivity index (χ0v) is 21.2. The van der Waals surface area contributed by atoms with Crippen molar-refractivity contribution in [3.8, 4) is 22.6 Å². The summed E-state index contributed by atoms with van der Waals surface area (Å²) in [5.74, 6) is 0.727. The van der Waals surface area contributed by atoms with E-state index in [1.807, 2.05) is 36.4 Å². The zero-order valence-electron chi connectivity index (χ0n) is 20.4. The van der Waals surface area contributed by atoms with Gasteiger partial charge in [-0.05, 0) is 43.8 Å². The van der Waals surface area contributed by atoms with Crippen molar-refractivity contribution in [1.29, 1.82) is 0 Å². The molecule has 1 N–H and O–H groups in total. The van der Waals surface area contributed by atoms with Crippen molar-refractivity contribution in [2.75, 3.05) is 45.3 Å². The number of amides is 1. The van der Waals surface area contributed by atoms with E-state index in [0.717, 1.165) is 41.2 Å². The molecule has 1 aromatic heterocycles. The summed E-state index contributed by atoms with van der Waals surface area (Å²) < 4.78 is 17.8. The van der Waals surface area contributed by atoms with E-state index in [2.05, 4.69) is 24.1 Å². The monoisotopic (exact) mass is 484 g/mol. The number of esters is 1. The summed E-state index contributed by atoms with van der Waals surface area (Å²) in [6.07, 6.45) is 0. The van der Waals surface area contributed by atoms with Gasteiger partial charge >= 0.3 is 5.97 Å². The van der Waals surface area contributed by atoms with Gasteiger partial charge in [0.15, 0.2) is 0 Å². The molecule has 0 aliphatic heterocycles. The highest BCUT2D eigenvalue weighted by molar-refractivity contribution is 7.24. The van der Waals surface area contributed by atoms with Crippen molar-refractivity contribution in [3.63, 3.8) is 0 Å². The molecular weight excluding hydrogens is 452 g/mol. The highest BCUT2D eigenvalue weighted by atomic mass is 32.1. The Morgan fingerprint density at radius 1 is 1.03 bits per heavy atom. The van der Waals surface area contributed by atoms with Gasteiger partial charge in [0.2, 0.25) is 5.91 Å². The summed E-state index contributed by atoms with van der Waals surface area (Å²) in [7, 11) is 1.63. The Balaban J connectivity index is 2.16. The van der Waals surface area contributed by atoms with Crippen molar-refractivity contribution >= 4 is 38.3 Å². The third-order valence-corrected chi connectivity index (χ3v) is 6.65. The Hall–Kier alpha value is -3.10. The number of carbonyl (C=O) groups is 2. The predicted molar refractivity (Wildman–Crippen MR) is 137 cm³/mol. The van der Waals surface area contributed by atoms with E-state index >= 15 is 0 Å². The van der Waals surface area contributed by atoms with Crippen molar-refractivity contribution in [2.24, 2.45) is 0 Å². The molecule has 7 nitrogen and oxygen atoms in total. The lowest BCUT2D eigenvalue weighted by atomic mass is 10.0. The molecule has 0 bridgehead atoms. The van der Waals surface area contributed by atoms with Crippen LogP contribution < -0.4 is 14.8 Å². The van der Waals surface area contributed by atoms with E-state index < -0.39 is 5.97 Å². The molecule has 0 saturated heterocycles. The van der Waals surface area contributed by atoms with Crippen LogP contribution in [-0.2, 0) is 9.53 Å². The summed E-state index contributed by atoms with van der Waals surface area (Å²) in [5.41, 5.74) is 2.22. The number of benzene rings is 2. The fourth-order valence-electron chi connectivity index (χ4n) is 3.75. The van der Waals surface area contributed by atoms with Gasteiger partial charge < -0.3 is 24.4 Å². The van der Waals surface area contributed by atoms with Crippen molar-refractivity contribution in [2.45, 2.75) is 27.7 Å². The third-order valence-electron chi connectivity index (χ3n) is 5.53. The van der Waals surface area contributed by atoms with Crippen LogP contribution in [0.1, 0.15) is 38.1 Å². The van der Waals surface area contributed by atoms with E-state index in [1.165, 1.54) is 18.3 Å². The van der Waals surface area contributed by atoms with Gasteiger partial charge in [-0.2, -0.15) is 0 Å². The van der Waals surface area contributed by atoms with Gasteiger partial charge in [0, 0.05) is 24.4 Å². The van der Waals surface area contributed by atoms with Gasteiger partial charge in [0.25, 0.3) is 0 Å². The number of rotatable bonds is 11. The molecule has 1 amide bonds. The average Bonchev–Trinajstić information content (AvgIpc) is 3.19. The molecule has 8 heteroatoms. The average molecular weight is 485 g/mol. The highest BCUT2D eigenvalue weighted by Crippen LogP contribution is 2.46. The largest absolute Gasteiger partial charge is 0.497 e. The van der Waals surface area contributed by atoms with Gasteiger partial charge in [-0.15, -0.1) is 11.3 Å². The van der Waals surface area contributed by atoms with Gasteiger partial charge in [-0.1, -0.05) is 32.0 Å².